The quantitative estimate of drug-likeness (QED) is 0.721. The van der Waals surface area contributed by atoms with Crippen LogP contribution in [0, 0.1) is 0 Å². The summed E-state index contributed by atoms with van der Waals surface area (Å²) in [7, 11) is 0. The van der Waals surface area contributed by atoms with Gasteiger partial charge in [-0.05, 0) is 35.4 Å². The van der Waals surface area contributed by atoms with E-state index in [1.54, 1.807) is 0 Å². The molecule has 0 bridgehead atoms. The van der Waals surface area contributed by atoms with E-state index in [1.165, 1.54) is 11.1 Å². The van der Waals surface area contributed by atoms with Crippen LogP contribution in [-0.4, -0.2) is 9.55 Å². The molecule has 0 radical (unpaired) electrons. The zero-order valence-corrected chi connectivity index (χ0v) is 11.7. The lowest BCUT2D eigenvalue weighted by atomic mass is 10.1. The first kappa shape index (κ1) is 13.2. The first-order valence-corrected chi connectivity index (χ1v) is 6.89. The van der Waals surface area contributed by atoms with E-state index in [2.05, 4.69) is 9.55 Å². The summed E-state index contributed by atoms with van der Waals surface area (Å²) >= 11 is 0. The van der Waals surface area contributed by atoms with E-state index in [-0.39, 0.29) is 0 Å². The maximum absolute atomic E-state index is 5.71. The average molecular weight is 278 g/mol. The number of hydrogen-bond acceptors (Lipinski definition) is 3. The number of nitrogen functional groups attached to an aromatic ring is 2. The Hall–Kier alpha value is -2.75. The standard InChI is InChI=1S/C17H18N4/c18-15-5-1-13(2-6-15)11-17-20-9-10-21(17)12-14-3-7-16(19)8-4-14/h1-10H,11-12,18-19H2. The monoisotopic (exact) mass is 278 g/mol. The second-order valence-corrected chi connectivity index (χ2v) is 5.13. The van der Waals surface area contributed by atoms with Gasteiger partial charge in [-0.2, -0.15) is 0 Å². The van der Waals surface area contributed by atoms with Gasteiger partial charge in [0.15, 0.2) is 0 Å². The van der Waals surface area contributed by atoms with E-state index in [9.17, 15) is 0 Å². The van der Waals surface area contributed by atoms with Crippen LogP contribution in [0.4, 0.5) is 11.4 Å². The SMILES string of the molecule is Nc1ccc(Cc2nccn2Cc2ccc(N)cc2)cc1. The fourth-order valence-electron chi connectivity index (χ4n) is 2.29. The first-order chi connectivity index (χ1) is 10.2. The fraction of sp³-hybridized carbons (Fsp3) is 0.118. The summed E-state index contributed by atoms with van der Waals surface area (Å²) in [5, 5.41) is 0. The Balaban J connectivity index is 1.77. The summed E-state index contributed by atoms with van der Waals surface area (Å²) in [6.07, 6.45) is 4.63. The molecule has 0 saturated heterocycles. The number of aromatic nitrogens is 2. The third-order valence-electron chi connectivity index (χ3n) is 3.48. The fourth-order valence-corrected chi connectivity index (χ4v) is 2.29. The molecule has 4 heteroatoms. The van der Waals surface area contributed by atoms with Crippen molar-refractivity contribution in [2.45, 2.75) is 13.0 Å². The van der Waals surface area contributed by atoms with Crippen LogP contribution in [0.15, 0.2) is 60.9 Å². The second kappa shape index (κ2) is 5.71. The largest absolute Gasteiger partial charge is 0.399 e. The van der Waals surface area contributed by atoms with Gasteiger partial charge in [0, 0.05) is 36.7 Å². The molecule has 0 atom stereocenters. The Morgan fingerprint density at radius 3 is 2.00 bits per heavy atom. The Labute approximate surface area is 124 Å². The van der Waals surface area contributed by atoms with Crippen molar-refractivity contribution in [3.63, 3.8) is 0 Å². The molecule has 0 spiro atoms. The van der Waals surface area contributed by atoms with Crippen molar-refractivity contribution in [3.8, 4) is 0 Å². The maximum atomic E-state index is 5.71. The minimum absolute atomic E-state index is 0.781. The van der Waals surface area contributed by atoms with Crippen LogP contribution in [0.25, 0.3) is 0 Å². The van der Waals surface area contributed by atoms with Crippen LogP contribution >= 0.6 is 0 Å². The number of nitrogens with two attached hydrogens (primary N) is 2. The van der Waals surface area contributed by atoms with Gasteiger partial charge in [-0.15, -0.1) is 0 Å². The summed E-state index contributed by atoms with van der Waals surface area (Å²) < 4.78 is 2.15. The Morgan fingerprint density at radius 1 is 0.810 bits per heavy atom. The van der Waals surface area contributed by atoms with Gasteiger partial charge in [0.1, 0.15) is 5.82 Å². The van der Waals surface area contributed by atoms with Gasteiger partial charge >= 0.3 is 0 Å². The molecule has 3 rings (SSSR count). The topological polar surface area (TPSA) is 69.9 Å². The van der Waals surface area contributed by atoms with Crippen molar-refractivity contribution in [1.29, 1.82) is 0 Å². The Morgan fingerprint density at radius 2 is 1.38 bits per heavy atom. The Kier molecular flexibility index (Phi) is 3.60. The van der Waals surface area contributed by atoms with E-state index < -0.39 is 0 Å². The maximum Gasteiger partial charge on any atom is 0.113 e. The van der Waals surface area contributed by atoms with E-state index in [0.717, 1.165) is 30.2 Å². The zero-order chi connectivity index (χ0) is 14.7. The highest BCUT2D eigenvalue weighted by atomic mass is 15.1. The number of imidazole rings is 1. The van der Waals surface area contributed by atoms with Crippen LogP contribution in [0.5, 0.6) is 0 Å². The summed E-state index contributed by atoms with van der Waals surface area (Å²) in [6.45, 7) is 0.796. The van der Waals surface area contributed by atoms with Crippen LogP contribution in [0.1, 0.15) is 17.0 Å². The van der Waals surface area contributed by atoms with Crippen molar-refractivity contribution in [1.82, 2.24) is 9.55 Å². The van der Waals surface area contributed by atoms with Crippen molar-refractivity contribution < 1.29 is 0 Å². The third-order valence-corrected chi connectivity index (χ3v) is 3.48. The average Bonchev–Trinajstić information content (AvgIpc) is 2.91. The van der Waals surface area contributed by atoms with Crippen LogP contribution in [0.2, 0.25) is 0 Å². The summed E-state index contributed by atoms with van der Waals surface area (Å²) in [5.41, 5.74) is 15.4. The summed E-state index contributed by atoms with van der Waals surface area (Å²) in [6, 6.07) is 15.8. The second-order valence-electron chi connectivity index (χ2n) is 5.13. The van der Waals surface area contributed by atoms with E-state index in [4.69, 9.17) is 11.5 Å². The number of hydrogen-bond donors (Lipinski definition) is 2. The molecular formula is C17H18N4. The molecule has 0 fully saturated rings. The van der Waals surface area contributed by atoms with Gasteiger partial charge in [0.05, 0.1) is 0 Å². The number of benzene rings is 2. The molecule has 0 amide bonds. The van der Waals surface area contributed by atoms with Crippen molar-refractivity contribution >= 4 is 11.4 Å². The molecule has 0 aliphatic carbocycles. The lowest BCUT2D eigenvalue weighted by Gasteiger charge is -2.09. The van der Waals surface area contributed by atoms with Gasteiger partial charge in [0.2, 0.25) is 0 Å². The molecule has 21 heavy (non-hydrogen) atoms. The zero-order valence-electron chi connectivity index (χ0n) is 11.7. The molecule has 1 heterocycles. The molecule has 0 aliphatic rings. The van der Waals surface area contributed by atoms with Crippen molar-refractivity contribution in [2.75, 3.05) is 11.5 Å². The first-order valence-electron chi connectivity index (χ1n) is 6.89. The van der Waals surface area contributed by atoms with Gasteiger partial charge in [0.25, 0.3) is 0 Å². The number of anilines is 2. The number of rotatable bonds is 4. The molecule has 4 nitrogen and oxygen atoms in total. The van der Waals surface area contributed by atoms with Crippen LogP contribution in [-0.2, 0) is 13.0 Å². The normalized spacial score (nSPS) is 10.7. The number of nitrogens with zero attached hydrogens (tertiary/aromatic N) is 2. The highest BCUT2D eigenvalue weighted by Crippen LogP contribution is 2.13. The molecule has 4 N–H and O–H groups in total. The third kappa shape index (κ3) is 3.23. The smallest absolute Gasteiger partial charge is 0.113 e. The molecule has 2 aromatic carbocycles. The lowest BCUT2D eigenvalue weighted by molar-refractivity contribution is 0.740. The van der Waals surface area contributed by atoms with Gasteiger partial charge in [-0.25, -0.2) is 4.98 Å². The minimum Gasteiger partial charge on any atom is -0.399 e. The molecule has 0 saturated carbocycles. The van der Waals surface area contributed by atoms with Gasteiger partial charge < -0.3 is 16.0 Å². The molecule has 106 valence electrons. The summed E-state index contributed by atoms with van der Waals surface area (Å²) in [4.78, 5) is 4.45. The Bertz CT molecular complexity index is 649. The minimum atomic E-state index is 0.781. The van der Waals surface area contributed by atoms with Crippen LogP contribution in [0.3, 0.4) is 0 Å². The van der Waals surface area contributed by atoms with E-state index in [0.29, 0.717) is 0 Å². The van der Waals surface area contributed by atoms with Crippen LogP contribution < -0.4 is 11.5 Å². The molecule has 0 unspecified atom stereocenters. The van der Waals surface area contributed by atoms with E-state index in [1.807, 2.05) is 60.9 Å². The molecule has 3 aromatic rings. The molecule has 1 aromatic heterocycles. The predicted octanol–water partition coefficient (Wildman–Crippen LogP) is 2.69. The lowest BCUT2D eigenvalue weighted by Crippen LogP contribution is -2.05. The van der Waals surface area contributed by atoms with Gasteiger partial charge in [-0.3, -0.25) is 0 Å². The highest BCUT2D eigenvalue weighted by molar-refractivity contribution is 5.40. The molecule has 0 aliphatic heterocycles. The van der Waals surface area contributed by atoms with Gasteiger partial charge in [-0.1, -0.05) is 24.3 Å². The molecular weight excluding hydrogens is 260 g/mol. The van der Waals surface area contributed by atoms with Crippen molar-refractivity contribution in [3.05, 3.63) is 77.9 Å². The van der Waals surface area contributed by atoms with E-state index >= 15 is 0 Å². The van der Waals surface area contributed by atoms with Crippen molar-refractivity contribution in [2.24, 2.45) is 0 Å². The highest BCUT2D eigenvalue weighted by Gasteiger charge is 2.05. The predicted molar refractivity (Wildman–Crippen MR) is 85.8 cm³/mol. The summed E-state index contributed by atoms with van der Waals surface area (Å²) in [5.74, 6) is 1.04.